The summed E-state index contributed by atoms with van der Waals surface area (Å²) in [6.07, 6.45) is 5.56. The van der Waals surface area contributed by atoms with Gasteiger partial charge in [-0.3, -0.25) is 0 Å². The maximum Gasteiger partial charge on any atom is 0.123 e. The van der Waals surface area contributed by atoms with E-state index in [0.717, 1.165) is 18.2 Å². The molecule has 0 radical (unpaired) electrons. The van der Waals surface area contributed by atoms with Crippen LogP contribution in [0, 0.1) is 5.92 Å². The summed E-state index contributed by atoms with van der Waals surface area (Å²) in [7, 11) is 0. The molecule has 3 heteroatoms. The first-order chi connectivity index (χ1) is 6.66. The van der Waals surface area contributed by atoms with Crippen LogP contribution in [0.2, 0.25) is 0 Å². The van der Waals surface area contributed by atoms with Gasteiger partial charge in [-0.2, -0.15) is 0 Å². The first-order valence-electron chi connectivity index (χ1n) is 5.47. The van der Waals surface area contributed by atoms with Crippen molar-refractivity contribution >= 4 is 0 Å². The summed E-state index contributed by atoms with van der Waals surface area (Å²) in [6, 6.07) is 0.0718. The van der Waals surface area contributed by atoms with E-state index < -0.39 is 0 Å². The highest BCUT2D eigenvalue weighted by atomic mass is 15.0. The molecule has 1 heterocycles. The van der Waals surface area contributed by atoms with Crippen LogP contribution in [-0.2, 0) is 0 Å². The highest BCUT2D eigenvalue weighted by molar-refractivity contribution is 5.14. The van der Waals surface area contributed by atoms with E-state index in [1.807, 2.05) is 6.20 Å². The van der Waals surface area contributed by atoms with Crippen LogP contribution in [0.15, 0.2) is 6.20 Å². The molecule has 1 aromatic rings. The van der Waals surface area contributed by atoms with E-state index >= 15 is 0 Å². The molecule has 1 aliphatic rings. The van der Waals surface area contributed by atoms with E-state index in [1.165, 1.54) is 18.5 Å². The van der Waals surface area contributed by atoms with Gasteiger partial charge in [0, 0.05) is 17.8 Å². The van der Waals surface area contributed by atoms with Crippen molar-refractivity contribution in [1.82, 2.24) is 9.97 Å². The normalized spacial score (nSPS) is 18.9. The summed E-state index contributed by atoms with van der Waals surface area (Å²) in [5, 5.41) is 0. The van der Waals surface area contributed by atoms with E-state index in [2.05, 4.69) is 23.8 Å². The minimum absolute atomic E-state index is 0.0718. The van der Waals surface area contributed by atoms with Gasteiger partial charge in [0.25, 0.3) is 0 Å². The number of rotatable bonds is 4. The largest absolute Gasteiger partial charge is 0.344 e. The first-order valence-corrected chi connectivity index (χ1v) is 5.47. The van der Waals surface area contributed by atoms with Crippen LogP contribution >= 0.6 is 0 Å². The van der Waals surface area contributed by atoms with Crippen molar-refractivity contribution in [2.24, 2.45) is 11.7 Å². The lowest BCUT2D eigenvalue weighted by atomic mass is 10.0. The van der Waals surface area contributed by atoms with Crippen LogP contribution < -0.4 is 5.73 Å². The summed E-state index contributed by atoms with van der Waals surface area (Å²) in [6.45, 7) is 4.37. The Morgan fingerprint density at radius 3 is 2.86 bits per heavy atom. The Labute approximate surface area is 85.1 Å². The molecule has 1 fully saturated rings. The Balaban J connectivity index is 2.00. The van der Waals surface area contributed by atoms with Crippen molar-refractivity contribution < 1.29 is 0 Å². The molecule has 0 aromatic carbocycles. The Hall–Kier alpha value is -0.830. The zero-order valence-electron chi connectivity index (χ0n) is 8.96. The third-order valence-corrected chi connectivity index (χ3v) is 2.71. The smallest absolute Gasteiger partial charge is 0.123 e. The van der Waals surface area contributed by atoms with Crippen LogP contribution in [0.3, 0.4) is 0 Å². The molecule has 14 heavy (non-hydrogen) atoms. The third-order valence-electron chi connectivity index (χ3n) is 2.71. The van der Waals surface area contributed by atoms with Gasteiger partial charge in [-0.1, -0.05) is 13.8 Å². The number of imidazole rings is 1. The van der Waals surface area contributed by atoms with Crippen molar-refractivity contribution in [3.05, 3.63) is 17.7 Å². The Morgan fingerprint density at radius 2 is 2.29 bits per heavy atom. The molecule has 0 unspecified atom stereocenters. The van der Waals surface area contributed by atoms with E-state index in [-0.39, 0.29) is 6.04 Å². The number of H-pyrrole nitrogens is 1. The molecular formula is C11H19N3. The van der Waals surface area contributed by atoms with Gasteiger partial charge in [0.2, 0.25) is 0 Å². The van der Waals surface area contributed by atoms with Gasteiger partial charge in [-0.15, -0.1) is 0 Å². The number of aromatic nitrogens is 2. The number of aromatic amines is 1. The van der Waals surface area contributed by atoms with Crippen LogP contribution in [0.1, 0.15) is 56.6 Å². The standard InChI is InChI=1S/C11H19N3/c1-7(2)5-9(12)11-13-6-10(14-11)8-3-4-8/h6-9H,3-5,12H2,1-2H3,(H,13,14)/t9-/m1/s1. The van der Waals surface area contributed by atoms with Gasteiger partial charge < -0.3 is 10.7 Å². The van der Waals surface area contributed by atoms with Crippen LogP contribution in [-0.4, -0.2) is 9.97 Å². The lowest BCUT2D eigenvalue weighted by Gasteiger charge is -2.10. The molecular weight excluding hydrogens is 174 g/mol. The van der Waals surface area contributed by atoms with Crippen LogP contribution in [0.25, 0.3) is 0 Å². The van der Waals surface area contributed by atoms with Gasteiger partial charge in [-0.25, -0.2) is 4.98 Å². The minimum atomic E-state index is 0.0718. The molecule has 2 rings (SSSR count). The SMILES string of the molecule is CC(C)C[C@@H](N)c1ncc(C2CC2)[nH]1. The Kier molecular flexibility index (Phi) is 2.59. The maximum atomic E-state index is 6.04. The second kappa shape index (κ2) is 3.73. The molecule has 1 aromatic heterocycles. The van der Waals surface area contributed by atoms with Crippen molar-refractivity contribution in [2.45, 2.75) is 45.1 Å². The second-order valence-corrected chi connectivity index (χ2v) is 4.73. The Morgan fingerprint density at radius 1 is 1.57 bits per heavy atom. The van der Waals surface area contributed by atoms with Gasteiger partial charge in [0.15, 0.2) is 0 Å². The summed E-state index contributed by atoms with van der Waals surface area (Å²) >= 11 is 0. The second-order valence-electron chi connectivity index (χ2n) is 4.73. The van der Waals surface area contributed by atoms with Crippen molar-refractivity contribution in [1.29, 1.82) is 0 Å². The summed E-state index contributed by atoms with van der Waals surface area (Å²) in [5.74, 6) is 2.32. The number of hydrogen-bond acceptors (Lipinski definition) is 2. The molecule has 1 aliphatic carbocycles. The average Bonchev–Trinajstić information content (AvgIpc) is 2.82. The molecule has 1 atom stereocenters. The fourth-order valence-electron chi connectivity index (χ4n) is 1.76. The van der Waals surface area contributed by atoms with Gasteiger partial charge >= 0.3 is 0 Å². The fourth-order valence-corrected chi connectivity index (χ4v) is 1.76. The van der Waals surface area contributed by atoms with Crippen molar-refractivity contribution in [3.63, 3.8) is 0 Å². The molecule has 0 bridgehead atoms. The molecule has 3 N–H and O–H groups in total. The predicted octanol–water partition coefficient (Wildman–Crippen LogP) is 2.33. The third kappa shape index (κ3) is 2.15. The van der Waals surface area contributed by atoms with E-state index in [4.69, 9.17) is 5.73 Å². The molecule has 0 spiro atoms. The van der Waals surface area contributed by atoms with Gasteiger partial charge in [0.05, 0.1) is 6.04 Å². The summed E-state index contributed by atoms with van der Waals surface area (Å²) < 4.78 is 0. The zero-order chi connectivity index (χ0) is 10.1. The summed E-state index contributed by atoms with van der Waals surface area (Å²) in [4.78, 5) is 7.69. The highest BCUT2D eigenvalue weighted by Crippen LogP contribution is 2.39. The van der Waals surface area contributed by atoms with Gasteiger partial charge in [-0.05, 0) is 25.2 Å². The lowest BCUT2D eigenvalue weighted by molar-refractivity contribution is 0.495. The maximum absolute atomic E-state index is 6.04. The minimum Gasteiger partial charge on any atom is -0.344 e. The number of nitrogens with one attached hydrogen (secondary N) is 1. The highest BCUT2D eigenvalue weighted by Gasteiger charge is 2.26. The average molecular weight is 193 g/mol. The van der Waals surface area contributed by atoms with Gasteiger partial charge in [0.1, 0.15) is 5.82 Å². The number of nitrogens with zero attached hydrogens (tertiary/aromatic N) is 1. The molecule has 0 amide bonds. The van der Waals surface area contributed by atoms with E-state index in [9.17, 15) is 0 Å². The molecule has 1 saturated carbocycles. The molecule has 78 valence electrons. The summed E-state index contributed by atoms with van der Waals surface area (Å²) in [5.41, 5.74) is 7.31. The van der Waals surface area contributed by atoms with Crippen molar-refractivity contribution in [3.8, 4) is 0 Å². The van der Waals surface area contributed by atoms with Crippen LogP contribution in [0.4, 0.5) is 0 Å². The monoisotopic (exact) mass is 193 g/mol. The molecule has 0 saturated heterocycles. The number of nitrogens with two attached hydrogens (primary N) is 1. The topological polar surface area (TPSA) is 54.7 Å². The Bertz CT molecular complexity index is 299. The van der Waals surface area contributed by atoms with E-state index in [1.54, 1.807) is 0 Å². The quantitative estimate of drug-likeness (QED) is 0.771. The number of hydrogen-bond donors (Lipinski definition) is 2. The van der Waals surface area contributed by atoms with E-state index in [0.29, 0.717) is 5.92 Å². The predicted molar refractivity (Wildman–Crippen MR) is 56.9 cm³/mol. The fraction of sp³-hybridized carbons (Fsp3) is 0.727. The zero-order valence-corrected chi connectivity index (χ0v) is 8.96. The van der Waals surface area contributed by atoms with Crippen LogP contribution in [0.5, 0.6) is 0 Å². The molecule has 0 aliphatic heterocycles. The first kappa shape index (κ1) is 9.71. The van der Waals surface area contributed by atoms with Crippen molar-refractivity contribution in [2.75, 3.05) is 0 Å². The lowest BCUT2D eigenvalue weighted by Crippen LogP contribution is -2.14. The molecule has 3 nitrogen and oxygen atoms in total.